The predicted molar refractivity (Wildman–Crippen MR) is 122 cm³/mol. The van der Waals surface area contributed by atoms with Gasteiger partial charge in [0.2, 0.25) is 0 Å². The molecule has 1 aromatic rings. The molecule has 2 aliphatic rings. The summed E-state index contributed by atoms with van der Waals surface area (Å²) in [7, 11) is -9.40. The van der Waals surface area contributed by atoms with Gasteiger partial charge in [0.05, 0.1) is 18.6 Å². The number of aliphatic hydroxyl groups excluding tert-OH is 1. The van der Waals surface area contributed by atoms with Gasteiger partial charge >= 0.3 is 6.03 Å². The van der Waals surface area contributed by atoms with E-state index in [1.165, 1.54) is 21.1 Å². The number of fused-ring (bicyclic) bond motifs is 1. The van der Waals surface area contributed by atoms with Crippen molar-refractivity contribution in [3.05, 3.63) is 23.5 Å². The van der Waals surface area contributed by atoms with E-state index in [4.69, 9.17) is 4.89 Å². The Bertz CT molecular complexity index is 1290. The van der Waals surface area contributed by atoms with Crippen molar-refractivity contribution in [2.45, 2.75) is 37.5 Å². The van der Waals surface area contributed by atoms with Gasteiger partial charge in [0.15, 0.2) is 14.6 Å². The van der Waals surface area contributed by atoms with E-state index in [1.54, 1.807) is 6.07 Å². The van der Waals surface area contributed by atoms with Crippen molar-refractivity contribution in [3.8, 4) is 23.7 Å². The average Bonchev–Trinajstić information content (AvgIpc) is 3.32. The molecular formula is C20H27N4O9PS. The fourth-order valence-corrected chi connectivity index (χ4v) is 4.27. The number of hydroxylamine groups is 1. The highest BCUT2D eigenvalue weighted by molar-refractivity contribution is 7.92. The van der Waals surface area contributed by atoms with Gasteiger partial charge in [-0.05, 0) is 44.1 Å². The van der Waals surface area contributed by atoms with Crippen LogP contribution in [0.2, 0.25) is 0 Å². The van der Waals surface area contributed by atoms with Crippen LogP contribution < -0.4 is 16.5 Å². The molecule has 1 aliphatic heterocycles. The summed E-state index contributed by atoms with van der Waals surface area (Å²) in [5.41, 5.74) is 2.27. The highest BCUT2D eigenvalue weighted by atomic mass is 32.2. The normalized spacial score (nSPS) is 19.0. The Morgan fingerprint density at radius 2 is 2.06 bits per heavy atom. The minimum absolute atomic E-state index is 0. The van der Waals surface area contributed by atoms with E-state index in [-0.39, 0.29) is 37.7 Å². The molecule has 13 nitrogen and oxygen atoms in total. The minimum atomic E-state index is -5.32. The molecule has 1 unspecified atom stereocenters. The van der Waals surface area contributed by atoms with Crippen LogP contribution in [-0.2, 0) is 30.4 Å². The Kier molecular flexibility index (Phi) is 8.26. The molecular weight excluding hydrogens is 503 g/mol. The van der Waals surface area contributed by atoms with Crippen LogP contribution in [0.5, 0.6) is 0 Å². The molecule has 1 saturated carbocycles. The van der Waals surface area contributed by atoms with Gasteiger partial charge in [-0.1, -0.05) is 11.8 Å². The Hall–Kier alpha value is -2.68. The third kappa shape index (κ3) is 6.51. The second-order valence-corrected chi connectivity index (χ2v) is 12.0. The number of phosphoric acid groups is 1. The van der Waals surface area contributed by atoms with E-state index in [1.807, 2.05) is 0 Å². The molecule has 0 spiro atoms. The van der Waals surface area contributed by atoms with Gasteiger partial charge in [0.25, 0.3) is 13.7 Å². The number of carbonyl (C=O) groups is 2. The average molecular weight is 530 g/mol. The Morgan fingerprint density at radius 1 is 1.40 bits per heavy atom. The molecule has 0 aromatic carbocycles. The zero-order valence-corrected chi connectivity index (χ0v) is 21.1. The van der Waals surface area contributed by atoms with Crippen molar-refractivity contribution in [1.82, 2.24) is 21.1 Å². The van der Waals surface area contributed by atoms with E-state index >= 15 is 0 Å². The molecule has 1 aliphatic carbocycles. The third-order valence-electron chi connectivity index (χ3n) is 5.89. The Balaban J connectivity index is 0.00000432. The van der Waals surface area contributed by atoms with E-state index < -0.39 is 34.3 Å². The molecule has 0 saturated heterocycles. The first kappa shape index (κ1) is 28.6. The number of rotatable bonds is 8. The predicted octanol–water partition coefficient (Wildman–Crippen LogP) is -0.523. The number of sulfone groups is 1. The first-order valence-electron chi connectivity index (χ1n) is 10.1. The van der Waals surface area contributed by atoms with Crippen LogP contribution in [0.3, 0.4) is 0 Å². The molecule has 192 valence electrons. The molecule has 7 N–H and O–H groups in total. The number of hydrogen-bond donors (Lipinski definition) is 4. The maximum absolute atomic E-state index is 12.7. The summed E-state index contributed by atoms with van der Waals surface area (Å²) in [5.74, 6) is 9.88. The quantitative estimate of drug-likeness (QED) is 0.193. The largest absolute Gasteiger partial charge is 0.755 e. The topological polar surface area (TPSA) is 215 Å². The lowest BCUT2D eigenvalue weighted by Crippen LogP contribution is -2.51. The standard InChI is InChI=1S/C20H24N3O9PS.H3N/c1-19(34(2,30)31,17(25)21-32-33(27,28)29)9-10-22-13-16-11-15(12-23(16)18(22)26)5-3-4-6-20(14-24)7-8-20;/h11-12,24H,7-10,13-14H2,1-2H3,(H,21,25)(H2,27,28,29);1H3/t19-;/m1./s1. The molecule has 15 heteroatoms. The summed E-state index contributed by atoms with van der Waals surface area (Å²) in [6, 6.07) is 1.24. The highest BCUT2D eigenvalue weighted by Gasteiger charge is 2.45. The van der Waals surface area contributed by atoms with Crippen molar-refractivity contribution < 1.29 is 42.1 Å². The monoisotopic (exact) mass is 530 g/mol. The van der Waals surface area contributed by atoms with Crippen molar-refractivity contribution in [2.24, 2.45) is 5.41 Å². The van der Waals surface area contributed by atoms with Gasteiger partial charge < -0.3 is 25.9 Å². The number of nitrogens with one attached hydrogen (secondary N) is 1. The highest BCUT2D eigenvalue weighted by Crippen LogP contribution is 2.44. The van der Waals surface area contributed by atoms with Crippen molar-refractivity contribution >= 4 is 29.6 Å². The van der Waals surface area contributed by atoms with E-state index in [9.17, 15) is 32.6 Å². The molecule has 0 radical (unpaired) electrons. The summed E-state index contributed by atoms with van der Waals surface area (Å²) in [5, 5.41) is 9.24. The van der Waals surface area contributed by atoms with Gasteiger partial charge in [0, 0.05) is 30.3 Å². The third-order valence-corrected chi connectivity index (χ3v) is 8.24. The van der Waals surface area contributed by atoms with Crippen LogP contribution in [0.4, 0.5) is 4.79 Å². The smallest absolute Gasteiger partial charge is 0.328 e. The first-order valence-corrected chi connectivity index (χ1v) is 13.5. The molecule has 0 bridgehead atoms. The van der Waals surface area contributed by atoms with Crippen LogP contribution in [0.15, 0.2) is 12.3 Å². The number of quaternary nitrogens is 1. The van der Waals surface area contributed by atoms with Gasteiger partial charge in [0.1, 0.15) is 0 Å². The lowest BCUT2D eigenvalue weighted by atomic mass is 10.1. The molecule has 2 heterocycles. The zero-order chi connectivity index (χ0) is 25.4. The summed E-state index contributed by atoms with van der Waals surface area (Å²) >= 11 is 0. The summed E-state index contributed by atoms with van der Waals surface area (Å²) < 4.78 is 38.2. The number of carbonyl (C=O) groups excluding carboxylic acids is 2. The van der Waals surface area contributed by atoms with Crippen LogP contribution in [0, 0.1) is 29.1 Å². The maximum atomic E-state index is 12.7. The van der Waals surface area contributed by atoms with Gasteiger partial charge in [-0.25, -0.2) is 23.3 Å². The number of amides is 2. The lowest BCUT2D eigenvalue weighted by Gasteiger charge is -2.28. The minimum Gasteiger partial charge on any atom is -0.755 e. The molecule has 1 aromatic heterocycles. The van der Waals surface area contributed by atoms with Crippen molar-refractivity contribution in [1.29, 1.82) is 0 Å². The van der Waals surface area contributed by atoms with Crippen molar-refractivity contribution in [3.63, 3.8) is 0 Å². The fourth-order valence-electron chi connectivity index (χ4n) is 3.23. The fraction of sp³-hybridized carbons (Fsp3) is 0.500. The maximum Gasteiger partial charge on any atom is 0.328 e. The molecule has 2 amide bonds. The van der Waals surface area contributed by atoms with E-state index in [0.29, 0.717) is 11.3 Å². The van der Waals surface area contributed by atoms with Gasteiger partial charge in [-0.3, -0.25) is 13.9 Å². The summed E-state index contributed by atoms with van der Waals surface area (Å²) in [6.07, 6.45) is 3.64. The van der Waals surface area contributed by atoms with E-state index in [0.717, 1.165) is 26.0 Å². The Labute approximate surface area is 202 Å². The van der Waals surface area contributed by atoms with Crippen LogP contribution >= 0.6 is 7.82 Å². The zero-order valence-electron chi connectivity index (χ0n) is 19.4. The summed E-state index contributed by atoms with van der Waals surface area (Å²) in [6.45, 7) is 1.07. The van der Waals surface area contributed by atoms with E-state index in [2.05, 4.69) is 28.3 Å². The van der Waals surface area contributed by atoms with Gasteiger partial charge in [-0.2, -0.15) is 0 Å². The van der Waals surface area contributed by atoms with Crippen molar-refractivity contribution in [2.75, 3.05) is 19.4 Å². The van der Waals surface area contributed by atoms with Crippen LogP contribution in [0.25, 0.3) is 0 Å². The molecule has 3 rings (SSSR count). The molecule has 35 heavy (non-hydrogen) atoms. The SMILES string of the molecule is C[C@@](CCN1Cc2cc(C#CC#CC3(CO)CC3)cn2C1=O)(C(=O)NOP(=O)([O-])O)S(C)(=O)=O.[NH4+]. The second-order valence-electron chi connectivity index (χ2n) is 8.48. The molecule has 2 atom stereocenters. The number of hydrogen-bond acceptors (Lipinski definition) is 8. The Morgan fingerprint density at radius 3 is 2.57 bits per heavy atom. The molecule has 1 fully saturated rings. The summed E-state index contributed by atoms with van der Waals surface area (Å²) in [4.78, 5) is 45.7. The van der Waals surface area contributed by atoms with Gasteiger partial charge in [-0.15, -0.1) is 0 Å². The number of nitrogens with zero attached hydrogens (tertiary/aromatic N) is 2. The van der Waals surface area contributed by atoms with Crippen LogP contribution in [0.1, 0.15) is 37.4 Å². The lowest BCUT2D eigenvalue weighted by molar-refractivity contribution is -0.226. The number of aliphatic hydroxyl groups is 1. The second kappa shape index (κ2) is 10.1. The van der Waals surface area contributed by atoms with Crippen LogP contribution in [-0.4, -0.2) is 64.0 Å². The number of aromatic nitrogens is 1. The first-order chi connectivity index (χ1) is 15.7.